The summed E-state index contributed by atoms with van der Waals surface area (Å²) in [5.41, 5.74) is 0. The number of carboxylic acid groups (broad SMARTS) is 1. The Bertz CT molecular complexity index is 703. The first kappa shape index (κ1) is 16.5. The summed E-state index contributed by atoms with van der Waals surface area (Å²) in [6.45, 7) is -0.237. The monoisotopic (exact) mass is 343 g/mol. The number of benzene rings is 1. The van der Waals surface area contributed by atoms with Gasteiger partial charge in [-0.2, -0.15) is 4.31 Å². The molecule has 0 aromatic heterocycles. The van der Waals surface area contributed by atoms with Crippen LogP contribution in [-0.4, -0.2) is 42.7 Å². The summed E-state index contributed by atoms with van der Waals surface area (Å²) in [6, 6.07) is 0.689. The quantitative estimate of drug-likeness (QED) is 0.839. The van der Waals surface area contributed by atoms with Gasteiger partial charge in [-0.25, -0.2) is 12.8 Å². The van der Waals surface area contributed by atoms with Crippen molar-refractivity contribution in [2.45, 2.75) is 23.7 Å². The van der Waals surface area contributed by atoms with E-state index in [-0.39, 0.29) is 13.0 Å². The van der Waals surface area contributed by atoms with Gasteiger partial charge in [0.15, 0.2) is 10.6 Å². The number of nitrogens with zero attached hydrogens (tertiary/aromatic N) is 1. The van der Waals surface area contributed by atoms with Crippen molar-refractivity contribution in [2.24, 2.45) is 0 Å². The van der Waals surface area contributed by atoms with Crippen molar-refractivity contribution in [3.8, 4) is 5.75 Å². The molecule has 6 nitrogen and oxygen atoms in total. The van der Waals surface area contributed by atoms with Gasteiger partial charge in [0.05, 0.1) is 0 Å². The highest BCUT2D eigenvalue weighted by molar-refractivity contribution is 7.89. The molecule has 1 aliphatic rings. The van der Waals surface area contributed by atoms with Crippen LogP contribution in [0.25, 0.3) is 0 Å². The molecule has 0 amide bonds. The molecule has 0 bridgehead atoms. The van der Waals surface area contributed by atoms with Gasteiger partial charge in [-0.15, -0.1) is 13.2 Å². The third-order valence-electron chi connectivity index (χ3n) is 2.98. The lowest BCUT2D eigenvalue weighted by molar-refractivity contribution is -0.275. The largest absolute Gasteiger partial charge is 0.573 e. The van der Waals surface area contributed by atoms with Crippen molar-refractivity contribution in [3.05, 3.63) is 24.0 Å². The van der Waals surface area contributed by atoms with Crippen LogP contribution in [0.15, 0.2) is 23.1 Å². The number of ether oxygens (including phenoxy) is 1. The summed E-state index contributed by atoms with van der Waals surface area (Å²) in [7, 11) is -4.78. The smallest absolute Gasteiger partial charge is 0.480 e. The summed E-state index contributed by atoms with van der Waals surface area (Å²) in [6.07, 6.45) is -5.24. The maximum atomic E-state index is 13.8. The van der Waals surface area contributed by atoms with Crippen molar-refractivity contribution < 1.29 is 40.6 Å². The van der Waals surface area contributed by atoms with E-state index in [1.165, 1.54) is 0 Å². The average molecular weight is 343 g/mol. The Labute approximate surface area is 122 Å². The minimum atomic E-state index is -5.22. The maximum Gasteiger partial charge on any atom is 0.573 e. The Kier molecular flexibility index (Phi) is 4.04. The van der Waals surface area contributed by atoms with E-state index in [1.807, 2.05) is 0 Å². The summed E-state index contributed by atoms with van der Waals surface area (Å²) in [4.78, 5) is 9.52. The molecule has 0 radical (unpaired) electrons. The van der Waals surface area contributed by atoms with E-state index in [1.54, 1.807) is 0 Å². The first-order valence-corrected chi connectivity index (χ1v) is 7.27. The molecule has 1 aromatic carbocycles. The molecule has 1 N–H and O–H groups in total. The van der Waals surface area contributed by atoms with Crippen molar-refractivity contribution in [1.82, 2.24) is 4.31 Å². The van der Waals surface area contributed by atoms with Gasteiger partial charge in [0.25, 0.3) is 10.0 Å². The number of rotatable bonds is 4. The molecule has 0 saturated carbocycles. The molecular formula is C11H9F4NO5S. The van der Waals surface area contributed by atoms with Gasteiger partial charge in [0.1, 0.15) is 11.9 Å². The number of alkyl halides is 3. The van der Waals surface area contributed by atoms with Crippen LogP contribution >= 0.6 is 0 Å². The van der Waals surface area contributed by atoms with Crippen molar-refractivity contribution in [2.75, 3.05) is 6.54 Å². The van der Waals surface area contributed by atoms with E-state index >= 15 is 0 Å². The van der Waals surface area contributed by atoms with Gasteiger partial charge >= 0.3 is 12.3 Å². The molecule has 1 aromatic rings. The minimum absolute atomic E-state index is 0.0154. The lowest BCUT2D eigenvalue weighted by Crippen LogP contribution is -2.55. The molecule has 0 unspecified atom stereocenters. The van der Waals surface area contributed by atoms with Gasteiger partial charge in [0.2, 0.25) is 0 Å². The summed E-state index contributed by atoms with van der Waals surface area (Å²) >= 11 is 0. The first-order valence-electron chi connectivity index (χ1n) is 5.83. The molecule has 0 spiro atoms. The number of sulfonamides is 1. The van der Waals surface area contributed by atoms with E-state index in [0.717, 1.165) is 6.07 Å². The fourth-order valence-electron chi connectivity index (χ4n) is 1.96. The number of carbonyl (C=O) groups is 1. The zero-order valence-electron chi connectivity index (χ0n) is 10.7. The van der Waals surface area contributed by atoms with E-state index < -0.39 is 44.9 Å². The SMILES string of the molecule is O=C(O)[C@@H]1CCN1S(=O)(=O)c1c(F)cccc1OC(F)(F)F. The molecule has 22 heavy (non-hydrogen) atoms. The van der Waals surface area contributed by atoms with Gasteiger partial charge in [0, 0.05) is 6.54 Å². The van der Waals surface area contributed by atoms with Crippen molar-refractivity contribution >= 4 is 16.0 Å². The molecule has 1 saturated heterocycles. The Morgan fingerprint density at radius 3 is 2.45 bits per heavy atom. The second-order valence-electron chi connectivity index (χ2n) is 4.37. The molecule has 1 atom stereocenters. The second kappa shape index (κ2) is 5.39. The van der Waals surface area contributed by atoms with Crippen LogP contribution < -0.4 is 4.74 Å². The van der Waals surface area contributed by atoms with Crippen LogP contribution in [0.1, 0.15) is 6.42 Å². The van der Waals surface area contributed by atoms with Crippen LogP contribution in [0.5, 0.6) is 5.75 Å². The van der Waals surface area contributed by atoms with Crippen LogP contribution in [-0.2, 0) is 14.8 Å². The third kappa shape index (κ3) is 2.99. The molecule has 1 fully saturated rings. The van der Waals surface area contributed by atoms with Gasteiger partial charge in [-0.3, -0.25) is 4.79 Å². The number of hydrogen-bond acceptors (Lipinski definition) is 4. The van der Waals surface area contributed by atoms with Crippen LogP contribution in [0.2, 0.25) is 0 Å². The molecule has 0 aliphatic carbocycles. The molecule has 2 rings (SSSR count). The lowest BCUT2D eigenvalue weighted by atomic mass is 10.1. The third-order valence-corrected chi connectivity index (χ3v) is 4.95. The summed E-state index contributed by atoms with van der Waals surface area (Å²) in [5.74, 6) is -4.18. The van der Waals surface area contributed by atoms with E-state index in [4.69, 9.17) is 5.11 Å². The highest BCUT2D eigenvalue weighted by Crippen LogP contribution is 2.36. The number of hydrogen-bond donors (Lipinski definition) is 1. The van der Waals surface area contributed by atoms with Gasteiger partial charge < -0.3 is 9.84 Å². The Morgan fingerprint density at radius 2 is 2.00 bits per heavy atom. The Balaban J connectivity index is 2.49. The lowest BCUT2D eigenvalue weighted by Gasteiger charge is -2.36. The van der Waals surface area contributed by atoms with E-state index in [0.29, 0.717) is 16.4 Å². The topological polar surface area (TPSA) is 83.9 Å². The summed E-state index contributed by atoms with van der Waals surface area (Å²) < 4.78 is 79.1. The first-order chi connectivity index (χ1) is 10.0. The van der Waals surface area contributed by atoms with Crippen molar-refractivity contribution in [3.63, 3.8) is 0 Å². The Morgan fingerprint density at radius 1 is 1.36 bits per heavy atom. The van der Waals surface area contributed by atoms with Crippen molar-refractivity contribution in [1.29, 1.82) is 0 Å². The fourth-order valence-corrected chi connectivity index (χ4v) is 3.75. The molecule has 1 heterocycles. The predicted molar refractivity (Wildman–Crippen MR) is 63.0 cm³/mol. The zero-order valence-corrected chi connectivity index (χ0v) is 11.5. The summed E-state index contributed by atoms with van der Waals surface area (Å²) in [5, 5.41) is 8.83. The van der Waals surface area contributed by atoms with Crippen LogP contribution in [0.4, 0.5) is 17.6 Å². The average Bonchev–Trinajstić information content (AvgIpc) is 2.22. The van der Waals surface area contributed by atoms with Crippen LogP contribution in [0, 0.1) is 5.82 Å². The number of halogens is 4. The van der Waals surface area contributed by atoms with E-state index in [9.17, 15) is 30.8 Å². The molecule has 1 aliphatic heterocycles. The van der Waals surface area contributed by atoms with E-state index in [2.05, 4.69) is 4.74 Å². The highest BCUT2D eigenvalue weighted by Gasteiger charge is 2.46. The second-order valence-corrected chi connectivity index (χ2v) is 6.20. The number of aliphatic carboxylic acids is 1. The minimum Gasteiger partial charge on any atom is -0.480 e. The Hall–Kier alpha value is -1.88. The maximum absolute atomic E-state index is 13.8. The zero-order chi connectivity index (χ0) is 16.7. The normalized spacial score (nSPS) is 19.5. The van der Waals surface area contributed by atoms with Crippen LogP contribution in [0.3, 0.4) is 0 Å². The molecule has 122 valence electrons. The molecular weight excluding hydrogens is 334 g/mol. The van der Waals surface area contributed by atoms with Gasteiger partial charge in [-0.1, -0.05) is 6.07 Å². The number of carboxylic acids is 1. The molecule has 11 heteroatoms. The fraction of sp³-hybridized carbons (Fsp3) is 0.364. The predicted octanol–water partition coefficient (Wildman–Crippen LogP) is 1.57. The van der Waals surface area contributed by atoms with Gasteiger partial charge in [-0.05, 0) is 18.6 Å². The standard InChI is InChI=1S/C11H9F4NO5S/c12-6-2-1-3-8(21-11(13,14)15)9(6)22(19,20)16-5-4-7(16)10(17)18/h1-3,7H,4-5H2,(H,17,18)/t7-/m0/s1. The highest BCUT2D eigenvalue weighted by atomic mass is 32.2.